The molecule has 0 saturated carbocycles. The lowest BCUT2D eigenvalue weighted by molar-refractivity contribution is 0.0479. The SMILES string of the molecule is CN(C)CCCOC(=O)c1ccc(C(=O)OCCCN(C)C)cc1. The normalized spacial score (nSPS) is 10.9. The van der Waals surface area contributed by atoms with Gasteiger partial charge in [-0.2, -0.15) is 0 Å². The molecule has 0 spiro atoms. The van der Waals surface area contributed by atoms with Crippen molar-refractivity contribution in [1.82, 2.24) is 9.80 Å². The maximum atomic E-state index is 11.9. The summed E-state index contributed by atoms with van der Waals surface area (Å²) in [4.78, 5) is 27.8. The van der Waals surface area contributed by atoms with Gasteiger partial charge in [-0.3, -0.25) is 0 Å². The lowest BCUT2D eigenvalue weighted by Crippen LogP contribution is -2.16. The van der Waals surface area contributed by atoms with Crippen LogP contribution in [-0.4, -0.2) is 76.2 Å². The molecule has 6 heteroatoms. The first-order valence-electron chi connectivity index (χ1n) is 8.14. The van der Waals surface area contributed by atoms with E-state index in [1.54, 1.807) is 24.3 Å². The topological polar surface area (TPSA) is 59.1 Å². The molecule has 0 aliphatic carbocycles. The van der Waals surface area contributed by atoms with Gasteiger partial charge in [0, 0.05) is 13.1 Å². The number of esters is 2. The molecule has 0 fully saturated rings. The van der Waals surface area contributed by atoms with Crippen molar-refractivity contribution in [2.45, 2.75) is 12.8 Å². The molecule has 0 radical (unpaired) electrons. The zero-order valence-electron chi connectivity index (χ0n) is 15.1. The fourth-order valence-corrected chi connectivity index (χ4v) is 2.00. The summed E-state index contributed by atoms with van der Waals surface area (Å²) in [7, 11) is 7.89. The largest absolute Gasteiger partial charge is 0.462 e. The lowest BCUT2D eigenvalue weighted by Gasteiger charge is -2.10. The third-order valence-electron chi connectivity index (χ3n) is 3.32. The van der Waals surface area contributed by atoms with Gasteiger partial charge in [0.15, 0.2) is 0 Å². The minimum atomic E-state index is -0.375. The predicted molar refractivity (Wildman–Crippen MR) is 93.3 cm³/mol. The standard InChI is InChI=1S/C18H28N2O4/c1-19(2)11-5-13-23-17(21)15-7-9-16(10-8-15)18(22)24-14-6-12-20(3)4/h7-10H,5-6,11-14H2,1-4H3. The highest BCUT2D eigenvalue weighted by atomic mass is 16.5. The summed E-state index contributed by atoms with van der Waals surface area (Å²) < 4.78 is 10.4. The van der Waals surface area contributed by atoms with Gasteiger partial charge >= 0.3 is 11.9 Å². The highest BCUT2D eigenvalue weighted by molar-refractivity contribution is 5.93. The highest BCUT2D eigenvalue weighted by Crippen LogP contribution is 2.08. The molecule has 1 rings (SSSR count). The Hall–Kier alpha value is -1.92. The van der Waals surface area contributed by atoms with Gasteiger partial charge in [-0.25, -0.2) is 9.59 Å². The van der Waals surface area contributed by atoms with Crippen LogP contribution in [-0.2, 0) is 9.47 Å². The molecule has 1 aromatic carbocycles. The van der Waals surface area contributed by atoms with Crippen LogP contribution < -0.4 is 0 Å². The van der Waals surface area contributed by atoms with E-state index >= 15 is 0 Å². The van der Waals surface area contributed by atoms with Crippen molar-refractivity contribution < 1.29 is 19.1 Å². The Morgan fingerprint density at radius 2 is 1.08 bits per heavy atom. The first-order valence-corrected chi connectivity index (χ1v) is 8.14. The van der Waals surface area contributed by atoms with E-state index in [0.29, 0.717) is 24.3 Å². The van der Waals surface area contributed by atoms with Gasteiger partial charge in [0.25, 0.3) is 0 Å². The van der Waals surface area contributed by atoms with Gasteiger partial charge in [-0.15, -0.1) is 0 Å². The van der Waals surface area contributed by atoms with Gasteiger partial charge in [0.1, 0.15) is 0 Å². The number of ether oxygens (including phenoxy) is 2. The minimum absolute atomic E-state index is 0.375. The molecular formula is C18H28N2O4. The van der Waals surface area contributed by atoms with Crippen molar-refractivity contribution in [2.24, 2.45) is 0 Å². The fraction of sp³-hybridized carbons (Fsp3) is 0.556. The molecule has 0 aliphatic rings. The van der Waals surface area contributed by atoms with Gasteiger partial charge in [-0.1, -0.05) is 0 Å². The predicted octanol–water partition coefficient (Wildman–Crippen LogP) is 1.90. The number of nitrogens with zero attached hydrogens (tertiary/aromatic N) is 2. The second-order valence-electron chi connectivity index (χ2n) is 6.16. The summed E-state index contributed by atoms with van der Waals surface area (Å²) >= 11 is 0. The molecule has 6 nitrogen and oxygen atoms in total. The zero-order valence-corrected chi connectivity index (χ0v) is 15.1. The van der Waals surface area contributed by atoms with Crippen LogP contribution in [0.3, 0.4) is 0 Å². The molecule has 134 valence electrons. The molecular weight excluding hydrogens is 308 g/mol. The fourth-order valence-electron chi connectivity index (χ4n) is 2.00. The quantitative estimate of drug-likeness (QED) is 0.480. The number of rotatable bonds is 10. The van der Waals surface area contributed by atoms with E-state index in [0.717, 1.165) is 25.9 Å². The van der Waals surface area contributed by atoms with Crippen LogP contribution in [0, 0.1) is 0 Å². The lowest BCUT2D eigenvalue weighted by atomic mass is 10.1. The Bertz CT molecular complexity index is 465. The highest BCUT2D eigenvalue weighted by Gasteiger charge is 2.11. The first-order chi connectivity index (χ1) is 11.4. The third-order valence-corrected chi connectivity index (χ3v) is 3.32. The Morgan fingerprint density at radius 3 is 1.38 bits per heavy atom. The second kappa shape index (κ2) is 10.8. The first kappa shape index (κ1) is 20.1. The van der Waals surface area contributed by atoms with E-state index in [9.17, 15) is 9.59 Å². The van der Waals surface area contributed by atoms with Gasteiger partial charge < -0.3 is 19.3 Å². The van der Waals surface area contributed by atoms with Crippen molar-refractivity contribution in [3.05, 3.63) is 35.4 Å². The Kier molecular flexibility index (Phi) is 9.04. The average molecular weight is 336 g/mol. The molecule has 0 unspecified atom stereocenters. The van der Waals surface area contributed by atoms with E-state index in [1.165, 1.54) is 0 Å². The Labute approximate surface area is 144 Å². The van der Waals surface area contributed by atoms with Crippen LogP contribution in [0.25, 0.3) is 0 Å². The van der Waals surface area contributed by atoms with Crippen LogP contribution in [0.5, 0.6) is 0 Å². The second-order valence-corrected chi connectivity index (χ2v) is 6.16. The maximum Gasteiger partial charge on any atom is 0.338 e. The van der Waals surface area contributed by atoms with E-state index in [4.69, 9.17) is 9.47 Å². The summed E-state index contributed by atoms with van der Waals surface area (Å²) in [6, 6.07) is 6.35. The van der Waals surface area contributed by atoms with E-state index in [-0.39, 0.29) is 11.9 Å². The smallest absolute Gasteiger partial charge is 0.338 e. The molecule has 0 atom stereocenters. The number of hydrogen-bond acceptors (Lipinski definition) is 6. The number of hydrogen-bond donors (Lipinski definition) is 0. The maximum absolute atomic E-state index is 11.9. The van der Waals surface area contributed by atoms with Crippen molar-refractivity contribution in [1.29, 1.82) is 0 Å². The van der Waals surface area contributed by atoms with E-state index < -0.39 is 0 Å². The minimum Gasteiger partial charge on any atom is -0.462 e. The van der Waals surface area contributed by atoms with Gasteiger partial charge in [0.2, 0.25) is 0 Å². The van der Waals surface area contributed by atoms with Crippen LogP contribution in [0.4, 0.5) is 0 Å². The summed E-state index contributed by atoms with van der Waals surface area (Å²) in [5, 5.41) is 0. The molecule has 0 saturated heterocycles. The molecule has 0 amide bonds. The molecule has 0 aliphatic heterocycles. The number of carbonyl (C=O) groups excluding carboxylic acids is 2. The summed E-state index contributed by atoms with van der Waals surface area (Å²) in [5.41, 5.74) is 0.869. The van der Waals surface area contributed by atoms with Gasteiger partial charge in [-0.05, 0) is 65.3 Å². The Morgan fingerprint density at radius 1 is 0.750 bits per heavy atom. The summed E-state index contributed by atoms with van der Waals surface area (Å²) in [6.45, 7) is 2.50. The number of benzene rings is 1. The zero-order chi connectivity index (χ0) is 17.9. The average Bonchev–Trinajstić information content (AvgIpc) is 2.55. The number of carbonyl (C=O) groups is 2. The van der Waals surface area contributed by atoms with Crippen molar-refractivity contribution in [3.8, 4) is 0 Å². The van der Waals surface area contributed by atoms with Crippen molar-refractivity contribution in [3.63, 3.8) is 0 Å². The van der Waals surface area contributed by atoms with Crippen molar-refractivity contribution in [2.75, 3.05) is 54.5 Å². The molecule has 0 bridgehead atoms. The molecule has 0 heterocycles. The molecule has 1 aromatic rings. The van der Waals surface area contributed by atoms with E-state index in [1.807, 2.05) is 38.0 Å². The Balaban J connectivity index is 2.38. The van der Waals surface area contributed by atoms with Crippen LogP contribution >= 0.6 is 0 Å². The summed E-state index contributed by atoms with van der Waals surface area (Å²) in [5.74, 6) is -0.751. The summed E-state index contributed by atoms with van der Waals surface area (Å²) in [6.07, 6.45) is 1.58. The van der Waals surface area contributed by atoms with Crippen LogP contribution in [0.15, 0.2) is 24.3 Å². The van der Waals surface area contributed by atoms with Crippen molar-refractivity contribution >= 4 is 11.9 Å². The third kappa shape index (κ3) is 8.08. The molecule has 0 N–H and O–H groups in total. The molecule has 24 heavy (non-hydrogen) atoms. The van der Waals surface area contributed by atoms with Crippen LogP contribution in [0.2, 0.25) is 0 Å². The van der Waals surface area contributed by atoms with E-state index in [2.05, 4.69) is 0 Å². The van der Waals surface area contributed by atoms with Gasteiger partial charge in [0.05, 0.1) is 24.3 Å². The van der Waals surface area contributed by atoms with Crippen LogP contribution in [0.1, 0.15) is 33.6 Å². The monoisotopic (exact) mass is 336 g/mol. The molecule has 0 aromatic heterocycles.